The number of amides is 2. The summed E-state index contributed by atoms with van der Waals surface area (Å²) in [5.41, 5.74) is 2.82. The summed E-state index contributed by atoms with van der Waals surface area (Å²) >= 11 is 0. The minimum absolute atomic E-state index is 0.00742. The number of likely N-dealkylation sites (tertiary alicyclic amines) is 2. The SMILES string of the molecule is Cc1nc2ccccn2c1C(=O)N1CCC2(CC1)CC(=O)N(Cc1cccc(F)c1)C2. The molecule has 5 rings (SSSR count). The van der Waals surface area contributed by atoms with E-state index in [1.54, 1.807) is 6.07 Å². The van der Waals surface area contributed by atoms with Crippen molar-refractivity contribution in [3.8, 4) is 0 Å². The van der Waals surface area contributed by atoms with Gasteiger partial charge in [-0.25, -0.2) is 9.37 Å². The third-order valence-electron chi connectivity index (χ3n) is 6.69. The smallest absolute Gasteiger partial charge is 0.272 e. The Morgan fingerprint density at radius 2 is 1.97 bits per heavy atom. The van der Waals surface area contributed by atoms with Crippen molar-refractivity contribution in [1.82, 2.24) is 19.2 Å². The summed E-state index contributed by atoms with van der Waals surface area (Å²) in [5.74, 6) is -0.179. The Hall–Kier alpha value is -3.22. The summed E-state index contributed by atoms with van der Waals surface area (Å²) in [4.78, 5) is 34.1. The van der Waals surface area contributed by atoms with Gasteiger partial charge in [0.1, 0.15) is 17.2 Å². The molecule has 0 saturated carbocycles. The molecule has 0 bridgehead atoms. The lowest BCUT2D eigenvalue weighted by atomic mass is 9.77. The predicted octanol–water partition coefficient (Wildman–Crippen LogP) is 3.44. The van der Waals surface area contributed by atoms with Gasteiger partial charge in [0, 0.05) is 44.2 Å². The first-order valence-electron chi connectivity index (χ1n) is 10.7. The van der Waals surface area contributed by atoms with Crippen LogP contribution in [0.5, 0.6) is 0 Å². The number of hydrogen-bond acceptors (Lipinski definition) is 3. The van der Waals surface area contributed by atoms with E-state index in [1.807, 2.05) is 51.6 Å². The van der Waals surface area contributed by atoms with E-state index in [1.165, 1.54) is 12.1 Å². The minimum atomic E-state index is -0.284. The molecule has 1 spiro atoms. The van der Waals surface area contributed by atoms with E-state index >= 15 is 0 Å². The molecule has 7 heteroatoms. The standard InChI is InChI=1S/C24H25FN4O2/c1-17-22(29-10-3-2-7-20(29)26-17)23(31)27-11-8-24(9-12-27)14-21(30)28(16-24)15-18-5-4-6-19(25)13-18/h2-7,10,13H,8-9,11-12,14-16H2,1H3. The van der Waals surface area contributed by atoms with Crippen LogP contribution in [0, 0.1) is 18.2 Å². The van der Waals surface area contributed by atoms with Crippen LogP contribution in [0.2, 0.25) is 0 Å². The molecular weight excluding hydrogens is 395 g/mol. The van der Waals surface area contributed by atoms with Crippen LogP contribution in [0.15, 0.2) is 48.7 Å². The number of aromatic nitrogens is 2. The molecule has 0 N–H and O–H groups in total. The number of imidazole rings is 1. The first kappa shape index (κ1) is 19.7. The minimum Gasteiger partial charge on any atom is -0.338 e. The molecule has 0 radical (unpaired) electrons. The number of carbonyl (C=O) groups is 2. The van der Waals surface area contributed by atoms with Crippen molar-refractivity contribution < 1.29 is 14.0 Å². The lowest BCUT2D eigenvalue weighted by molar-refractivity contribution is -0.128. The number of carbonyl (C=O) groups excluding carboxylic acids is 2. The maximum atomic E-state index is 13.5. The maximum Gasteiger partial charge on any atom is 0.272 e. The topological polar surface area (TPSA) is 57.9 Å². The Kier molecular flexibility index (Phi) is 4.76. The van der Waals surface area contributed by atoms with Crippen molar-refractivity contribution in [2.24, 2.45) is 5.41 Å². The number of piperidine rings is 1. The molecule has 4 heterocycles. The van der Waals surface area contributed by atoms with Crippen molar-refractivity contribution in [2.75, 3.05) is 19.6 Å². The van der Waals surface area contributed by atoms with Crippen molar-refractivity contribution in [3.63, 3.8) is 0 Å². The Morgan fingerprint density at radius 3 is 2.74 bits per heavy atom. The van der Waals surface area contributed by atoms with Crippen molar-refractivity contribution in [3.05, 3.63) is 71.4 Å². The second-order valence-electron chi connectivity index (χ2n) is 8.82. The highest BCUT2D eigenvalue weighted by molar-refractivity contribution is 5.94. The monoisotopic (exact) mass is 420 g/mol. The zero-order valence-electron chi connectivity index (χ0n) is 17.6. The molecule has 0 unspecified atom stereocenters. The van der Waals surface area contributed by atoms with Gasteiger partial charge in [0.25, 0.3) is 5.91 Å². The van der Waals surface area contributed by atoms with Crippen molar-refractivity contribution >= 4 is 17.5 Å². The van der Waals surface area contributed by atoms with Crippen LogP contribution in [0.1, 0.15) is 41.0 Å². The summed E-state index contributed by atoms with van der Waals surface area (Å²) < 4.78 is 15.3. The highest BCUT2D eigenvalue weighted by atomic mass is 19.1. The fourth-order valence-electron chi connectivity index (χ4n) is 5.02. The van der Waals surface area contributed by atoms with Crippen molar-refractivity contribution in [2.45, 2.75) is 32.7 Å². The summed E-state index contributed by atoms with van der Waals surface area (Å²) in [6.45, 7) is 4.21. The second kappa shape index (κ2) is 7.48. The molecule has 2 fully saturated rings. The normalized spacial score (nSPS) is 18.3. The van der Waals surface area contributed by atoms with Crippen LogP contribution < -0.4 is 0 Å². The molecule has 0 atom stereocenters. The fraction of sp³-hybridized carbons (Fsp3) is 0.375. The first-order chi connectivity index (χ1) is 14.9. The number of fused-ring (bicyclic) bond motifs is 1. The molecule has 1 aromatic carbocycles. The van der Waals surface area contributed by atoms with Crippen LogP contribution in [0.4, 0.5) is 4.39 Å². The third-order valence-corrected chi connectivity index (χ3v) is 6.69. The molecule has 0 aliphatic carbocycles. The van der Waals surface area contributed by atoms with E-state index in [0.717, 1.165) is 29.7 Å². The number of hydrogen-bond donors (Lipinski definition) is 0. The average molecular weight is 420 g/mol. The van der Waals surface area contributed by atoms with E-state index in [-0.39, 0.29) is 23.0 Å². The van der Waals surface area contributed by atoms with Gasteiger partial charge >= 0.3 is 0 Å². The maximum absolute atomic E-state index is 13.5. The van der Waals surface area contributed by atoms with Crippen LogP contribution in [-0.4, -0.2) is 50.6 Å². The summed E-state index contributed by atoms with van der Waals surface area (Å²) in [5, 5.41) is 0. The molecular formula is C24H25FN4O2. The summed E-state index contributed by atoms with van der Waals surface area (Å²) in [6, 6.07) is 12.1. The van der Waals surface area contributed by atoms with E-state index < -0.39 is 0 Å². The Balaban J connectivity index is 1.27. The molecule has 6 nitrogen and oxygen atoms in total. The van der Waals surface area contributed by atoms with Gasteiger partial charge in [-0.3, -0.25) is 14.0 Å². The number of halogens is 1. The van der Waals surface area contributed by atoms with Crippen LogP contribution in [0.3, 0.4) is 0 Å². The van der Waals surface area contributed by atoms with E-state index in [0.29, 0.717) is 38.3 Å². The molecule has 31 heavy (non-hydrogen) atoms. The van der Waals surface area contributed by atoms with Gasteiger partial charge in [-0.05, 0) is 49.6 Å². The molecule has 3 aromatic rings. The van der Waals surface area contributed by atoms with E-state index in [4.69, 9.17) is 0 Å². The number of rotatable bonds is 3. The Labute approximate surface area is 180 Å². The quantitative estimate of drug-likeness (QED) is 0.652. The Morgan fingerprint density at radius 1 is 1.16 bits per heavy atom. The van der Waals surface area contributed by atoms with E-state index in [9.17, 15) is 14.0 Å². The molecule has 2 aliphatic heterocycles. The van der Waals surface area contributed by atoms with Crippen LogP contribution in [0.25, 0.3) is 5.65 Å². The lowest BCUT2D eigenvalue weighted by Crippen LogP contribution is -2.44. The average Bonchev–Trinajstić information content (AvgIpc) is 3.23. The Bertz CT molecular complexity index is 1160. The van der Waals surface area contributed by atoms with Gasteiger partial charge in [0.15, 0.2) is 0 Å². The van der Waals surface area contributed by atoms with Gasteiger partial charge < -0.3 is 9.80 Å². The highest BCUT2D eigenvalue weighted by Crippen LogP contribution is 2.41. The molecule has 2 saturated heterocycles. The van der Waals surface area contributed by atoms with Gasteiger partial charge in [-0.15, -0.1) is 0 Å². The molecule has 2 aliphatic rings. The van der Waals surface area contributed by atoms with Gasteiger partial charge in [0.05, 0.1) is 5.69 Å². The van der Waals surface area contributed by atoms with Crippen LogP contribution >= 0.6 is 0 Å². The third kappa shape index (κ3) is 3.58. The zero-order valence-corrected chi connectivity index (χ0v) is 17.6. The predicted molar refractivity (Wildman–Crippen MR) is 114 cm³/mol. The highest BCUT2D eigenvalue weighted by Gasteiger charge is 2.45. The second-order valence-corrected chi connectivity index (χ2v) is 8.82. The van der Waals surface area contributed by atoms with Crippen LogP contribution in [-0.2, 0) is 11.3 Å². The number of benzene rings is 1. The molecule has 160 valence electrons. The first-order valence-corrected chi connectivity index (χ1v) is 10.7. The molecule has 2 aromatic heterocycles. The fourth-order valence-corrected chi connectivity index (χ4v) is 5.02. The van der Waals surface area contributed by atoms with Gasteiger partial charge in [0.2, 0.25) is 5.91 Å². The zero-order chi connectivity index (χ0) is 21.6. The summed E-state index contributed by atoms with van der Waals surface area (Å²) in [7, 11) is 0. The largest absolute Gasteiger partial charge is 0.338 e. The van der Waals surface area contributed by atoms with Crippen molar-refractivity contribution in [1.29, 1.82) is 0 Å². The lowest BCUT2D eigenvalue weighted by Gasteiger charge is -2.38. The van der Waals surface area contributed by atoms with E-state index in [2.05, 4.69) is 4.98 Å². The number of pyridine rings is 1. The van der Waals surface area contributed by atoms with Gasteiger partial charge in [-0.2, -0.15) is 0 Å². The number of aryl methyl sites for hydroxylation is 1. The van der Waals surface area contributed by atoms with Gasteiger partial charge in [-0.1, -0.05) is 18.2 Å². The summed E-state index contributed by atoms with van der Waals surface area (Å²) in [6.07, 6.45) is 3.95. The number of nitrogens with zero attached hydrogens (tertiary/aromatic N) is 4. The molecule has 2 amide bonds.